The third-order valence-electron chi connectivity index (χ3n) is 5.14. The van der Waals surface area contributed by atoms with Crippen LogP contribution in [0, 0.1) is 12.3 Å². The lowest BCUT2D eigenvalue weighted by molar-refractivity contribution is -0.144. The van der Waals surface area contributed by atoms with Crippen LogP contribution < -0.4 is 15.8 Å². The molecule has 0 aliphatic rings. The van der Waals surface area contributed by atoms with E-state index in [2.05, 4.69) is 10.3 Å². The van der Waals surface area contributed by atoms with E-state index in [-0.39, 0.29) is 36.6 Å². The van der Waals surface area contributed by atoms with Crippen LogP contribution in [0.25, 0.3) is 10.9 Å². The Morgan fingerprint density at radius 2 is 1.85 bits per heavy atom. The largest absolute Gasteiger partial charge is 0.466 e. The summed E-state index contributed by atoms with van der Waals surface area (Å²) in [7, 11) is 0. The molecule has 0 saturated carbocycles. The van der Waals surface area contributed by atoms with Crippen molar-refractivity contribution in [2.24, 2.45) is 5.73 Å². The molecule has 3 aromatic rings. The number of carbonyl (C=O) groups is 2. The number of fused-ring (bicyclic) bond motifs is 1. The van der Waals surface area contributed by atoms with Crippen molar-refractivity contribution in [3.63, 3.8) is 0 Å². The molecule has 1 heterocycles. The molecule has 0 aliphatic carbocycles. The van der Waals surface area contributed by atoms with E-state index in [9.17, 15) is 9.59 Å². The van der Waals surface area contributed by atoms with Gasteiger partial charge in [0.15, 0.2) is 0 Å². The zero-order chi connectivity index (χ0) is 24.0. The number of pyridine rings is 1. The number of hydrogen-bond donors (Lipinski definition) is 3. The van der Waals surface area contributed by atoms with Gasteiger partial charge in [-0.25, -0.2) is 4.98 Å². The highest BCUT2D eigenvalue weighted by Crippen LogP contribution is 2.27. The summed E-state index contributed by atoms with van der Waals surface area (Å²) < 4.78 is 10.8. The van der Waals surface area contributed by atoms with Crippen LogP contribution in [0.1, 0.15) is 49.4 Å². The number of amides is 1. The molecule has 8 heteroatoms. The van der Waals surface area contributed by atoms with E-state index < -0.39 is 0 Å². The Kier molecular flexibility index (Phi) is 7.61. The first-order valence-corrected chi connectivity index (χ1v) is 10.8. The molecule has 1 atom stereocenters. The average molecular weight is 449 g/mol. The highest BCUT2D eigenvalue weighted by Gasteiger charge is 2.14. The molecule has 2 aromatic carbocycles. The Balaban J connectivity index is 1.74. The summed E-state index contributed by atoms with van der Waals surface area (Å²) >= 11 is 0. The second-order valence-electron chi connectivity index (χ2n) is 7.69. The van der Waals surface area contributed by atoms with Crippen molar-refractivity contribution in [2.45, 2.75) is 39.7 Å². The Hall–Kier alpha value is -3.94. The van der Waals surface area contributed by atoms with Gasteiger partial charge in [-0.3, -0.25) is 15.0 Å². The molecule has 8 nitrogen and oxygen atoms in total. The van der Waals surface area contributed by atoms with Crippen LogP contribution in [0.15, 0.2) is 48.5 Å². The number of nitrogens with two attached hydrogens (primary N) is 1. The Bertz CT molecular complexity index is 1170. The van der Waals surface area contributed by atoms with Crippen LogP contribution in [0.5, 0.6) is 11.6 Å². The second kappa shape index (κ2) is 10.6. The molecular weight excluding hydrogens is 420 g/mol. The van der Waals surface area contributed by atoms with E-state index >= 15 is 0 Å². The highest BCUT2D eigenvalue weighted by atomic mass is 16.5. The fourth-order valence-corrected chi connectivity index (χ4v) is 3.38. The number of ether oxygens (including phenoxy) is 2. The normalized spacial score (nSPS) is 11.6. The minimum atomic E-state index is -0.380. The number of benzene rings is 2. The maximum Gasteiger partial charge on any atom is 0.306 e. The lowest BCUT2D eigenvalue weighted by Crippen LogP contribution is -2.27. The van der Waals surface area contributed by atoms with Crippen molar-refractivity contribution in [3.05, 3.63) is 65.2 Å². The van der Waals surface area contributed by atoms with Crippen LogP contribution in [-0.4, -0.2) is 29.3 Å². The predicted molar refractivity (Wildman–Crippen MR) is 126 cm³/mol. The third-order valence-corrected chi connectivity index (χ3v) is 5.14. The lowest BCUT2D eigenvalue weighted by atomic mass is 10.0. The van der Waals surface area contributed by atoms with Crippen molar-refractivity contribution in [1.82, 2.24) is 10.3 Å². The van der Waals surface area contributed by atoms with Crippen molar-refractivity contribution < 1.29 is 19.1 Å². The quantitative estimate of drug-likeness (QED) is 0.256. The number of aryl methyl sites for hydroxylation is 1. The van der Waals surface area contributed by atoms with Crippen molar-refractivity contribution in [2.75, 3.05) is 6.61 Å². The van der Waals surface area contributed by atoms with Gasteiger partial charge in [-0.2, -0.15) is 0 Å². The molecule has 1 aromatic heterocycles. The number of esters is 1. The van der Waals surface area contributed by atoms with E-state index in [1.165, 1.54) is 0 Å². The number of nitrogen functional groups attached to an aromatic ring is 1. The molecule has 172 valence electrons. The van der Waals surface area contributed by atoms with Gasteiger partial charge in [0, 0.05) is 23.4 Å². The summed E-state index contributed by atoms with van der Waals surface area (Å²) in [5.74, 6) is 0.430. The van der Waals surface area contributed by atoms with E-state index in [1.54, 1.807) is 31.2 Å². The zero-order valence-corrected chi connectivity index (χ0v) is 19.0. The molecule has 1 unspecified atom stereocenters. The van der Waals surface area contributed by atoms with Crippen molar-refractivity contribution >= 4 is 28.6 Å². The summed E-state index contributed by atoms with van der Waals surface area (Å²) in [6.07, 6.45) is 0.132. The smallest absolute Gasteiger partial charge is 0.306 e. The van der Waals surface area contributed by atoms with Crippen molar-refractivity contribution in [1.29, 1.82) is 5.41 Å². The molecule has 33 heavy (non-hydrogen) atoms. The standard InChI is InChI=1S/C25H28N4O4/c1-4-32-24(31)12-11-22(30)28-16(3)18-7-10-20-15(2)13-23(29-21(20)14-18)33-19-8-5-17(6-9-19)25(26)27/h5-10,13-14,16H,4,11-12H2,1-3H3,(H3,26,27)(H,28,30). The van der Waals surface area contributed by atoms with Gasteiger partial charge in [0.2, 0.25) is 11.8 Å². The molecule has 4 N–H and O–H groups in total. The van der Waals surface area contributed by atoms with Crippen LogP contribution in [0.4, 0.5) is 0 Å². The number of hydrogen-bond acceptors (Lipinski definition) is 6. The monoisotopic (exact) mass is 448 g/mol. The summed E-state index contributed by atoms with van der Waals surface area (Å²) in [4.78, 5) is 28.3. The molecule has 0 saturated heterocycles. The number of amidine groups is 1. The maximum absolute atomic E-state index is 12.2. The Morgan fingerprint density at radius 3 is 2.52 bits per heavy atom. The highest BCUT2D eigenvalue weighted by molar-refractivity contribution is 5.95. The van der Waals surface area contributed by atoms with Crippen LogP contribution >= 0.6 is 0 Å². The first kappa shape index (κ1) is 23.7. The average Bonchev–Trinajstić information content (AvgIpc) is 2.78. The molecule has 0 aliphatic heterocycles. The van der Waals surface area contributed by atoms with Gasteiger partial charge in [0.25, 0.3) is 0 Å². The predicted octanol–water partition coefficient (Wildman–Crippen LogP) is 4.14. The molecule has 0 fully saturated rings. The van der Waals surface area contributed by atoms with Gasteiger partial charge in [-0.05, 0) is 62.2 Å². The van der Waals surface area contributed by atoms with Crippen molar-refractivity contribution in [3.8, 4) is 11.6 Å². The molecule has 0 radical (unpaired) electrons. The lowest BCUT2D eigenvalue weighted by Gasteiger charge is -2.16. The molecule has 0 bridgehead atoms. The number of rotatable bonds is 9. The first-order chi connectivity index (χ1) is 15.8. The van der Waals surface area contributed by atoms with Gasteiger partial charge >= 0.3 is 5.97 Å². The van der Waals surface area contributed by atoms with E-state index in [4.69, 9.17) is 20.6 Å². The van der Waals surface area contributed by atoms with Gasteiger partial charge in [0.1, 0.15) is 11.6 Å². The topological polar surface area (TPSA) is 127 Å². The van der Waals surface area contributed by atoms with Crippen LogP contribution in [0.3, 0.4) is 0 Å². The van der Waals surface area contributed by atoms with E-state index in [0.717, 1.165) is 22.0 Å². The van der Waals surface area contributed by atoms with E-state index in [1.807, 2.05) is 38.1 Å². The minimum Gasteiger partial charge on any atom is -0.466 e. The van der Waals surface area contributed by atoms with Crippen LogP contribution in [0.2, 0.25) is 0 Å². The minimum absolute atomic E-state index is 0.00384. The molecular formula is C25H28N4O4. The summed E-state index contributed by atoms with van der Waals surface area (Å²) in [5.41, 5.74) is 8.76. The molecule has 0 spiro atoms. The number of aromatic nitrogens is 1. The fourth-order valence-electron chi connectivity index (χ4n) is 3.38. The summed E-state index contributed by atoms with van der Waals surface area (Å²) in [5, 5.41) is 11.4. The SMILES string of the molecule is CCOC(=O)CCC(=O)NC(C)c1ccc2c(C)cc(Oc3ccc(C(=N)N)cc3)nc2c1. The molecule has 3 rings (SSSR count). The maximum atomic E-state index is 12.2. The first-order valence-electron chi connectivity index (χ1n) is 10.8. The number of nitrogens with zero attached hydrogens (tertiary/aromatic N) is 1. The Morgan fingerprint density at radius 1 is 1.12 bits per heavy atom. The van der Waals surface area contributed by atoms with Gasteiger partial charge in [-0.1, -0.05) is 12.1 Å². The second-order valence-corrected chi connectivity index (χ2v) is 7.69. The third kappa shape index (κ3) is 6.29. The summed E-state index contributed by atoms with van der Waals surface area (Å²) in [6, 6.07) is 14.4. The van der Waals surface area contributed by atoms with E-state index in [0.29, 0.717) is 23.8 Å². The molecule has 1 amide bonds. The van der Waals surface area contributed by atoms with Gasteiger partial charge < -0.3 is 20.5 Å². The summed E-state index contributed by atoms with van der Waals surface area (Å²) in [6.45, 7) is 5.90. The fraction of sp³-hybridized carbons (Fsp3) is 0.280. The number of carbonyl (C=O) groups excluding carboxylic acids is 2. The van der Waals surface area contributed by atoms with Gasteiger partial charge in [-0.15, -0.1) is 0 Å². The van der Waals surface area contributed by atoms with Gasteiger partial charge in [0.05, 0.1) is 24.6 Å². The zero-order valence-electron chi connectivity index (χ0n) is 19.0. The Labute approximate surface area is 192 Å². The number of nitrogens with one attached hydrogen (secondary N) is 2. The van der Waals surface area contributed by atoms with Crippen LogP contribution in [-0.2, 0) is 14.3 Å².